The van der Waals surface area contributed by atoms with Crippen LogP contribution in [0, 0.1) is 0 Å². The van der Waals surface area contributed by atoms with Gasteiger partial charge in [-0.3, -0.25) is 14.5 Å². The maximum atomic E-state index is 11.5. The maximum absolute atomic E-state index is 11.5. The number of carboxylic acid groups (broad SMARTS) is 1. The van der Waals surface area contributed by atoms with Gasteiger partial charge in [0, 0.05) is 18.2 Å². The van der Waals surface area contributed by atoms with Gasteiger partial charge in [0.25, 0.3) is 0 Å². The van der Waals surface area contributed by atoms with Crippen molar-refractivity contribution in [1.82, 2.24) is 9.88 Å². The van der Waals surface area contributed by atoms with E-state index in [9.17, 15) is 14.4 Å². The molecule has 0 aliphatic carbocycles. The van der Waals surface area contributed by atoms with E-state index >= 15 is 0 Å². The molecule has 1 N–H and O–H groups in total. The van der Waals surface area contributed by atoms with Gasteiger partial charge in [-0.25, -0.2) is 9.78 Å². The van der Waals surface area contributed by atoms with E-state index < -0.39 is 12.0 Å². The molecule has 1 unspecified atom stereocenters. The molecule has 2 rings (SSSR count). The van der Waals surface area contributed by atoms with Crippen molar-refractivity contribution >= 4 is 29.1 Å². The Morgan fingerprint density at radius 1 is 1.47 bits per heavy atom. The van der Waals surface area contributed by atoms with Crippen molar-refractivity contribution in [2.75, 3.05) is 0 Å². The Balaban J connectivity index is 2.24. The Kier molecular flexibility index (Phi) is 2.93. The molecule has 1 aliphatic heterocycles. The lowest BCUT2D eigenvalue weighted by Crippen LogP contribution is -2.31. The molecule has 2 heterocycles. The maximum Gasteiger partial charge on any atom is 0.355 e. The van der Waals surface area contributed by atoms with Gasteiger partial charge in [0.1, 0.15) is 5.01 Å². The Bertz CT molecular complexity index is 480. The standard InChI is InChI=1S/C10H10N2O4S/c1-5(12-7(13)2-3-8(12)14)9-11-6(4-17-9)10(15)16/h4-5H,2-3H2,1H3,(H,15,16). The van der Waals surface area contributed by atoms with Crippen molar-refractivity contribution in [2.24, 2.45) is 0 Å². The molecule has 6 nitrogen and oxygen atoms in total. The highest BCUT2D eigenvalue weighted by Crippen LogP contribution is 2.28. The zero-order valence-corrected chi connectivity index (χ0v) is 9.86. The first-order valence-corrected chi connectivity index (χ1v) is 5.92. The quantitative estimate of drug-likeness (QED) is 0.814. The second-order valence-electron chi connectivity index (χ2n) is 3.71. The number of carbonyl (C=O) groups excluding carboxylic acids is 2. The van der Waals surface area contributed by atoms with Gasteiger partial charge in [-0.15, -0.1) is 11.3 Å². The van der Waals surface area contributed by atoms with Gasteiger partial charge < -0.3 is 5.11 Å². The second kappa shape index (κ2) is 4.25. The van der Waals surface area contributed by atoms with E-state index in [2.05, 4.69) is 4.98 Å². The van der Waals surface area contributed by atoms with E-state index in [1.807, 2.05) is 0 Å². The fraction of sp³-hybridized carbons (Fsp3) is 0.400. The summed E-state index contributed by atoms with van der Waals surface area (Å²) in [6.45, 7) is 1.67. The van der Waals surface area contributed by atoms with Gasteiger partial charge in [0.15, 0.2) is 5.69 Å². The fourth-order valence-corrected chi connectivity index (χ4v) is 2.55. The van der Waals surface area contributed by atoms with Crippen molar-refractivity contribution < 1.29 is 19.5 Å². The van der Waals surface area contributed by atoms with Crippen molar-refractivity contribution in [3.63, 3.8) is 0 Å². The highest BCUT2D eigenvalue weighted by Gasteiger charge is 2.34. The summed E-state index contributed by atoms with van der Waals surface area (Å²) >= 11 is 1.14. The number of carboxylic acids is 1. The van der Waals surface area contributed by atoms with E-state index in [1.54, 1.807) is 6.92 Å². The largest absolute Gasteiger partial charge is 0.476 e. The number of imide groups is 1. The van der Waals surface area contributed by atoms with Gasteiger partial charge in [0.05, 0.1) is 6.04 Å². The molecule has 0 saturated carbocycles. The Labute approximate surface area is 101 Å². The van der Waals surface area contributed by atoms with Gasteiger partial charge in [-0.05, 0) is 6.92 Å². The molecule has 2 amide bonds. The summed E-state index contributed by atoms with van der Waals surface area (Å²) in [5, 5.41) is 10.6. The van der Waals surface area contributed by atoms with Crippen LogP contribution >= 0.6 is 11.3 Å². The van der Waals surface area contributed by atoms with E-state index in [0.717, 1.165) is 16.2 Å². The summed E-state index contributed by atoms with van der Waals surface area (Å²) in [4.78, 5) is 38.7. The normalized spacial score (nSPS) is 17.6. The second-order valence-corrected chi connectivity index (χ2v) is 4.60. The van der Waals surface area contributed by atoms with Crippen LogP contribution in [0.5, 0.6) is 0 Å². The van der Waals surface area contributed by atoms with Crippen LogP contribution in [0.25, 0.3) is 0 Å². The van der Waals surface area contributed by atoms with Gasteiger partial charge >= 0.3 is 5.97 Å². The molecule has 7 heteroatoms. The Morgan fingerprint density at radius 2 is 2.06 bits per heavy atom. The molecular weight excluding hydrogens is 244 g/mol. The molecule has 1 aromatic rings. The Morgan fingerprint density at radius 3 is 2.53 bits per heavy atom. The predicted molar refractivity (Wildman–Crippen MR) is 58.6 cm³/mol. The highest BCUT2D eigenvalue weighted by molar-refractivity contribution is 7.09. The first-order valence-electron chi connectivity index (χ1n) is 5.04. The van der Waals surface area contributed by atoms with Crippen LogP contribution in [-0.4, -0.2) is 32.8 Å². The topological polar surface area (TPSA) is 87.6 Å². The van der Waals surface area contributed by atoms with E-state index in [-0.39, 0.29) is 30.3 Å². The summed E-state index contributed by atoms with van der Waals surface area (Å²) in [6, 6.07) is -0.490. The lowest BCUT2D eigenvalue weighted by molar-refractivity contribution is -0.140. The smallest absolute Gasteiger partial charge is 0.355 e. The highest BCUT2D eigenvalue weighted by atomic mass is 32.1. The summed E-state index contributed by atoms with van der Waals surface area (Å²) < 4.78 is 0. The van der Waals surface area contributed by atoms with Crippen molar-refractivity contribution in [3.8, 4) is 0 Å². The van der Waals surface area contributed by atoms with Gasteiger partial charge in [0.2, 0.25) is 11.8 Å². The first kappa shape index (κ1) is 11.7. The van der Waals surface area contributed by atoms with Crippen LogP contribution in [0.15, 0.2) is 5.38 Å². The minimum absolute atomic E-state index is 0.0593. The van der Waals surface area contributed by atoms with Crippen LogP contribution in [0.3, 0.4) is 0 Å². The number of amides is 2. The number of likely N-dealkylation sites (tertiary alicyclic amines) is 1. The van der Waals surface area contributed by atoms with Crippen molar-refractivity contribution in [2.45, 2.75) is 25.8 Å². The molecule has 1 atom stereocenters. The fourth-order valence-electron chi connectivity index (χ4n) is 1.71. The van der Waals surface area contributed by atoms with Crippen molar-refractivity contribution in [3.05, 3.63) is 16.1 Å². The molecule has 0 aromatic carbocycles. The summed E-state index contributed by atoms with van der Waals surface area (Å²) in [6.07, 6.45) is 0.445. The molecule has 1 aliphatic rings. The third kappa shape index (κ3) is 2.05. The minimum atomic E-state index is -1.11. The molecule has 1 aromatic heterocycles. The predicted octanol–water partition coefficient (Wildman–Crippen LogP) is 1.05. The number of aromatic nitrogens is 1. The number of nitrogens with zero attached hydrogens (tertiary/aromatic N) is 2. The monoisotopic (exact) mass is 254 g/mol. The number of thiazole rings is 1. The number of carbonyl (C=O) groups is 3. The van der Waals surface area contributed by atoms with Crippen LogP contribution in [0.1, 0.15) is 41.3 Å². The molecule has 0 spiro atoms. The molecule has 17 heavy (non-hydrogen) atoms. The van der Waals surface area contributed by atoms with Crippen LogP contribution in [0.4, 0.5) is 0 Å². The molecule has 1 saturated heterocycles. The first-order chi connectivity index (χ1) is 8.00. The van der Waals surface area contributed by atoms with Crippen LogP contribution < -0.4 is 0 Å². The zero-order chi connectivity index (χ0) is 12.6. The molecule has 1 fully saturated rings. The zero-order valence-electron chi connectivity index (χ0n) is 9.04. The molecule has 0 bridgehead atoms. The van der Waals surface area contributed by atoms with Crippen molar-refractivity contribution in [1.29, 1.82) is 0 Å². The third-order valence-corrected chi connectivity index (χ3v) is 3.59. The van der Waals surface area contributed by atoms with Crippen LogP contribution in [-0.2, 0) is 9.59 Å². The SMILES string of the molecule is CC(c1nc(C(=O)O)cs1)N1C(=O)CCC1=O. The number of aromatic carboxylic acids is 1. The summed E-state index contributed by atoms with van der Waals surface area (Å²) in [5.74, 6) is -1.57. The molecular formula is C10H10N2O4S. The lowest BCUT2D eigenvalue weighted by atomic mass is 10.3. The third-order valence-electron chi connectivity index (χ3n) is 2.58. The average Bonchev–Trinajstić information content (AvgIpc) is 2.85. The number of hydrogen-bond acceptors (Lipinski definition) is 5. The van der Waals surface area contributed by atoms with Gasteiger partial charge in [-0.2, -0.15) is 0 Å². The lowest BCUT2D eigenvalue weighted by Gasteiger charge is -2.20. The average molecular weight is 254 g/mol. The number of hydrogen-bond donors (Lipinski definition) is 1. The molecule has 0 radical (unpaired) electrons. The summed E-state index contributed by atoms with van der Waals surface area (Å²) in [7, 11) is 0. The van der Waals surface area contributed by atoms with E-state index in [0.29, 0.717) is 5.01 Å². The van der Waals surface area contributed by atoms with E-state index in [1.165, 1.54) is 5.38 Å². The minimum Gasteiger partial charge on any atom is -0.476 e. The summed E-state index contributed by atoms with van der Waals surface area (Å²) in [5.41, 5.74) is -0.0593. The Hall–Kier alpha value is -1.76. The number of rotatable bonds is 3. The van der Waals surface area contributed by atoms with Crippen LogP contribution in [0.2, 0.25) is 0 Å². The molecule has 90 valence electrons. The van der Waals surface area contributed by atoms with E-state index in [4.69, 9.17) is 5.11 Å². The van der Waals surface area contributed by atoms with Gasteiger partial charge in [-0.1, -0.05) is 0 Å².